The van der Waals surface area contributed by atoms with Crippen LogP contribution in [0.5, 0.6) is 0 Å². The van der Waals surface area contributed by atoms with Gasteiger partial charge in [-0.25, -0.2) is 9.97 Å². The van der Waals surface area contributed by atoms with Gasteiger partial charge in [0.1, 0.15) is 12.1 Å². The molecule has 3 aromatic rings. The van der Waals surface area contributed by atoms with Crippen LogP contribution < -0.4 is 5.32 Å². The molecule has 0 aliphatic heterocycles. The average Bonchev–Trinajstić information content (AvgIpc) is 2.47. The maximum absolute atomic E-state index is 4.32. The number of nitrogens with zero attached hydrogens (tertiary/aromatic N) is 2. The quantitative estimate of drug-likeness (QED) is 0.794. The van der Waals surface area contributed by atoms with Gasteiger partial charge < -0.3 is 5.32 Å². The Morgan fingerprint density at radius 3 is 2.63 bits per heavy atom. The van der Waals surface area contributed by atoms with E-state index < -0.39 is 0 Å². The lowest BCUT2D eigenvalue weighted by atomic mass is 10.2. The molecular formula is C15H12BrN3. The van der Waals surface area contributed by atoms with Gasteiger partial charge >= 0.3 is 0 Å². The van der Waals surface area contributed by atoms with Crippen molar-refractivity contribution in [2.24, 2.45) is 0 Å². The van der Waals surface area contributed by atoms with Gasteiger partial charge in [0.25, 0.3) is 0 Å². The van der Waals surface area contributed by atoms with Crippen molar-refractivity contribution in [1.82, 2.24) is 9.97 Å². The summed E-state index contributed by atoms with van der Waals surface area (Å²) in [6, 6.07) is 16.3. The molecule has 4 heteroatoms. The lowest BCUT2D eigenvalue weighted by Crippen LogP contribution is -2.02. The molecule has 3 nitrogen and oxygen atoms in total. The molecule has 94 valence electrons. The van der Waals surface area contributed by atoms with Crippen LogP contribution in [0.1, 0.15) is 5.56 Å². The van der Waals surface area contributed by atoms with Crippen molar-refractivity contribution in [2.45, 2.75) is 6.54 Å². The average molecular weight is 314 g/mol. The summed E-state index contributed by atoms with van der Waals surface area (Å²) in [6.45, 7) is 0.749. The Balaban J connectivity index is 1.91. The number of halogens is 1. The number of aromatic nitrogens is 2. The first-order valence-electron chi connectivity index (χ1n) is 6.01. The summed E-state index contributed by atoms with van der Waals surface area (Å²) in [4.78, 5) is 8.62. The maximum Gasteiger partial charge on any atom is 0.137 e. The second-order valence-electron chi connectivity index (χ2n) is 4.20. The lowest BCUT2D eigenvalue weighted by Gasteiger charge is -2.08. The predicted molar refractivity (Wildman–Crippen MR) is 81.0 cm³/mol. The minimum atomic E-state index is 0.749. The molecule has 0 atom stereocenters. The molecule has 1 N–H and O–H groups in total. The summed E-state index contributed by atoms with van der Waals surface area (Å²) >= 11 is 3.51. The third-order valence-electron chi connectivity index (χ3n) is 2.92. The summed E-state index contributed by atoms with van der Waals surface area (Å²) in [5.74, 6) is 0.857. The lowest BCUT2D eigenvalue weighted by molar-refractivity contribution is 1.10. The third-order valence-corrected chi connectivity index (χ3v) is 3.56. The molecule has 0 aliphatic carbocycles. The molecular weight excluding hydrogens is 302 g/mol. The summed E-state index contributed by atoms with van der Waals surface area (Å²) in [6.07, 6.45) is 1.58. The molecule has 1 heterocycles. The number of rotatable bonds is 3. The van der Waals surface area contributed by atoms with Crippen molar-refractivity contribution in [1.29, 1.82) is 0 Å². The monoisotopic (exact) mass is 313 g/mol. The molecule has 0 bridgehead atoms. The largest absolute Gasteiger partial charge is 0.365 e. The molecule has 0 saturated carbocycles. The van der Waals surface area contributed by atoms with Gasteiger partial charge in [-0.3, -0.25) is 0 Å². The van der Waals surface area contributed by atoms with E-state index in [4.69, 9.17) is 0 Å². The van der Waals surface area contributed by atoms with Crippen molar-refractivity contribution >= 4 is 32.7 Å². The molecule has 1 aromatic heterocycles. The van der Waals surface area contributed by atoms with E-state index in [9.17, 15) is 0 Å². The van der Waals surface area contributed by atoms with Gasteiger partial charge in [0.2, 0.25) is 0 Å². The highest BCUT2D eigenvalue weighted by atomic mass is 79.9. The number of benzene rings is 2. The normalized spacial score (nSPS) is 10.6. The van der Waals surface area contributed by atoms with Crippen molar-refractivity contribution in [3.8, 4) is 0 Å². The zero-order valence-electron chi connectivity index (χ0n) is 10.2. The molecule has 19 heavy (non-hydrogen) atoms. The zero-order valence-corrected chi connectivity index (χ0v) is 11.8. The van der Waals surface area contributed by atoms with Crippen molar-refractivity contribution in [2.75, 3.05) is 5.32 Å². The highest BCUT2D eigenvalue weighted by Crippen LogP contribution is 2.25. The molecule has 0 amide bonds. The summed E-state index contributed by atoms with van der Waals surface area (Å²) in [5.41, 5.74) is 2.15. The molecule has 0 radical (unpaired) electrons. The molecule has 0 saturated heterocycles. The molecule has 0 aliphatic rings. The van der Waals surface area contributed by atoms with Crippen LogP contribution >= 0.6 is 15.9 Å². The fourth-order valence-corrected chi connectivity index (χ4v) is 2.44. The Labute approximate surface area is 119 Å². The van der Waals surface area contributed by atoms with Crippen LogP contribution in [0, 0.1) is 0 Å². The van der Waals surface area contributed by atoms with Crippen molar-refractivity contribution < 1.29 is 0 Å². The van der Waals surface area contributed by atoms with Crippen LogP contribution in [-0.4, -0.2) is 9.97 Å². The molecule has 0 spiro atoms. The van der Waals surface area contributed by atoms with E-state index in [1.54, 1.807) is 6.33 Å². The van der Waals surface area contributed by atoms with Crippen LogP contribution in [0.2, 0.25) is 0 Å². The van der Waals surface area contributed by atoms with Gasteiger partial charge in [0, 0.05) is 16.4 Å². The van der Waals surface area contributed by atoms with E-state index >= 15 is 0 Å². The van der Waals surface area contributed by atoms with E-state index in [1.165, 1.54) is 5.56 Å². The number of nitrogens with one attached hydrogen (secondary N) is 1. The Morgan fingerprint density at radius 1 is 0.947 bits per heavy atom. The van der Waals surface area contributed by atoms with Gasteiger partial charge in [-0.05, 0) is 33.6 Å². The van der Waals surface area contributed by atoms with Crippen LogP contribution in [-0.2, 0) is 6.54 Å². The Morgan fingerprint density at radius 2 is 1.79 bits per heavy atom. The van der Waals surface area contributed by atoms with Gasteiger partial charge in [-0.15, -0.1) is 0 Å². The first kappa shape index (κ1) is 12.1. The van der Waals surface area contributed by atoms with E-state index in [0.717, 1.165) is 27.7 Å². The molecule has 2 aromatic carbocycles. The Bertz CT molecular complexity index is 698. The summed E-state index contributed by atoms with van der Waals surface area (Å²) in [7, 11) is 0. The molecule has 3 rings (SSSR count). The summed E-state index contributed by atoms with van der Waals surface area (Å²) < 4.78 is 0.982. The molecule has 0 fully saturated rings. The van der Waals surface area contributed by atoms with Crippen LogP contribution in [0.3, 0.4) is 0 Å². The third kappa shape index (κ3) is 2.58. The van der Waals surface area contributed by atoms with Gasteiger partial charge in [0.15, 0.2) is 0 Å². The smallest absolute Gasteiger partial charge is 0.137 e. The number of fused-ring (bicyclic) bond motifs is 1. The standard InChI is InChI=1S/C15H12BrN3/c16-13-8-4-7-12-14(13)18-10-19-15(12)17-9-11-5-2-1-3-6-11/h1-8,10H,9H2,(H,17,18,19). The number of hydrogen-bond donors (Lipinski definition) is 1. The van der Waals surface area contributed by atoms with E-state index in [2.05, 4.69) is 43.3 Å². The topological polar surface area (TPSA) is 37.8 Å². The highest BCUT2D eigenvalue weighted by molar-refractivity contribution is 9.10. The second kappa shape index (κ2) is 5.36. The van der Waals surface area contributed by atoms with E-state index in [1.807, 2.05) is 36.4 Å². The zero-order chi connectivity index (χ0) is 13.1. The van der Waals surface area contributed by atoms with Gasteiger partial charge in [0.05, 0.1) is 5.52 Å². The Kier molecular flexibility index (Phi) is 3.42. The van der Waals surface area contributed by atoms with Gasteiger partial charge in [-0.2, -0.15) is 0 Å². The van der Waals surface area contributed by atoms with Crippen molar-refractivity contribution in [3.05, 3.63) is 64.9 Å². The fraction of sp³-hybridized carbons (Fsp3) is 0.0667. The molecule has 0 unspecified atom stereocenters. The number of anilines is 1. The first-order valence-corrected chi connectivity index (χ1v) is 6.81. The SMILES string of the molecule is Brc1cccc2c(NCc3ccccc3)ncnc12. The number of hydrogen-bond acceptors (Lipinski definition) is 3. The maximum atomic E-state index is 4.32. The van der Waals surface area contributed by atoms with Crippen LogP contribution in [0.4, 0.5) is 5.82 Å². The first-order chi connectivity index (χ1) is 9.34. The second-order valence-corrected chi connectivity index (χ2v) is 5.05. The van der Waals surface area contributed by atoms with Crippen LogP contribution in [0.15, 0.2) is 59.3 Å². The fourth-order valence-electron chi connectivity index (χ4n) is 1.97. The van der Waals surface area contributed by atoms with Crippen LogP contribution in [0.25, 0.3) is 10.9 Å². The highest BCUT2D eigenvalue weighted by Gasteiger charge is 2.05. The predicted octanol–water partition coefficient (Wildman–Crippen LogP) is 4.00. The van der Waals surface area contributed by atoms with Gasteiger partial charge in [-0.1, -0.05) is 36.4 Å². The van der Waals surface area contributed by atoms with E-state index in [0.29, 0.717) is 0 Å². The van der Waals surface area contributed by atoms with Crippen molar-refractivity contribution in [3.63, 3.8) is 0 Å². The minimum absolute atomic E-state index is 0.749. The number of para-hydroxylation sites is 1. The Hall–Kier alpha value is -1.94. The van der Waals surface area contributed by atoms with E-state index in [-0.39, 0.29) is 0 Å². The summed E-state index contributed by atoms with van der Waals surface area (Å²) in [5, 5.41) is 4.38. The minimum Gasteiger partial charge on any atom is -0.365 e.